The molecule has 0 aliphatic carbocycles. The second-order valence-electron chi connectivity index (χ2n) is 4.08. The number of halogens is 4. The zero-order chi connectivity index (χ0) is 15.8. The third kappa shape index (κ3) is 4.04. The molecule has 9 heteroatoms. The summed E-state index contributed by atoms with van der Waals surface area (Å²) in [7, 11) is -3.84. The number of sulfonamides is 1. The molecular formula is C12H8Br2Cl2N2O2S. The smallest absolute Gasteiger partial charge is 0.264 e. The first-order chi connectivity index (χ1) is 9.69. The van der Waals surface area contributed by atoms with Crippen molar-refractivity contribution in [2.75, 3.05) is 10.5 Å². The molecule has 4 nitrogen and oxygen atoms in total. The maximum absolute atomic E-state index is 12.5. The van der Waals surface area contributed by atoms with Crippen LogP contribution in [0.1, 0.15) is 0 Å². The van der Waals surface area contributed by atoms with Gasteiger partial charge >= 0.3 is 0 Å². The molecule has 0 aliphatic heterocycles. The summed E-state index contributed by atoms with van der Waals surface area (Å²) in [6.45, 7) is 0. The maximum atomic E-state index is 12.5. The lowest BCUT2D eigenvalue weighted by molar-refractivity contribution is 0.600. The van der Waals surface area contributed by atoms with Crippen molar-refractivity contribution in [3.05, 3.63) is 49.3 Å². The summed E-state index contributed by atoms with van der Waals surface area (Å²) < 4.78 is 28.1. The van der Waals surface area contributed by atoms with Gasteiger partial charge in [-0.25, -0.2) is 8.42 Å². The minimum Gasteiger partial charge on any atom is -0.399 e. The van der Waals surface area contributed by atoms with Gasteiger partial charge in [-0.2, -0.15) is 0 Å². The molecule has 0 aromatic heterocycles. The summed E-state index contributed by atoms with van der Waals surface area (Å²) in [5.74, 6) is 0. The quantitative estimate of drug-likeness (QED) is 0.621. The van der Waals surface area contributed by atoms with Crippen LogP contribution in [-0.4, -0.2) is 8.42 Å². The third-order valence-corrected chi connectivity index (χ3v) is 6.10. The molecule has 0 aliphatic rings. The topological polar surface area (TPSA) is 72.2 Å². The molecule has 2 aromatic rings. The van der Waals surface area contributed by atoms with E-state index in [1.807, 2.05) is 0 Å². The van der Waals surface area contributed by atoms with Gasteiger partial charge in [-0.15, -0.1) is 0 Å². The van der Waals surface area contributed by atoms with E-state index >= 15 is 0 Å². The van der Waals surface area contributed by atoms with E-state index in [-0.39, 0.29) is 10.6 Å². The maximum Gasteiger partial charge on any atom is 0.264 e. The molecule has 0 atom stereocenters. The average molecular weight is 475 g/mol. The largest absolute Gasteiger partial charge is 0.399 e. The standard InChI is InChI=1S/C12H8Br2Cl2N2O2S/c13-10-4-8(17)5-11(14)12(10)21(19,20)18-9-2-6(15)1-7(16)3-9/h1-5,18H,17H2. The lowest BCUT2D eigenvalue weighted by Gasteiger charge is -2.12. The van der Waals surface area contributed by atoms with Gasteiger partial charge in [0, 0.05) is 24.7 Å². The number of hydrogen-bond acceptors (Lipinski definition) is 3. The van der Waals surface area contributed by atoms with Crippen molar-refractivity contribution in [3.63, 3.8) is 0 Å². The summed E-state index contributed by atoms with van der Waals surface area (Å²) >= 11 is 18.1. The normalized spacial score (nSPS) is 11.4. The van der Waals surface area contributed by atoms with E-state index in [2.05, 4.69) is 36.6 Å². The highest BCUT2D eigenvalue weighted by Gasteiger charge is 2.22. The SMILES string of the molecule is Nc1cc(Br)c(S(=O)(=O)Nc2cc(Cl)cc(Cl)c2)c(Br)c1. The number of nitrogen functional groups attached to an aromatic ring is 1. The molecule has 0 saturated carbocycles. The Hall–Kier alpha value is -0.470. The molecule has 0 amide bonds. The van der Waals surface area contributed by atoms with E-state index in [4.69, 9.17) is 28.9 Å². The molecule has 2 rings (SSSR count). The summed E-state index contributed by atoms with van der Waals surface area (Å²) in [4.78, 5) is 0.0350. The van der Waals surface area contributed by atoms with Gasteiger partial charge in [-0.1, -0.05) is 23.2 Å². The van der Waals surface area contributed by atoms with Crippen molar-refractivity contribution in [1.82, 2.24) is 0 Å². The molecule has 0 heterocycles. The van der Waals surface area contributed by atoms with Crippen LogP contribution in [0.25, 0.3) is 0 Å². The van der Waals surface area contributed by atoms with Crippen molar-refractivity contribution in [3.8, 4) is 0 Å². The monoisotopic (exact) mass is 472 g/mol. The third-order valence-electron chi connectivity index (χ3n) is 2.40. The van der Waals surface area contributed by atoms with Crippen LogP contribution in [0.4, 0.5) is 11.4 Å². The van der Waals surface area contributed by atoms with Crippen LogP contribution in [0.5, 0.6) is 0 Å². The highest BCUT2D eigenvalue weighted by Crippen LogP contribution is 2.34. The number of nitrogens with one attached hydrogen (secondary N) is 1. The number of rotatable bonds is 3. The van der Waals surface area contributed by atoms with Gasteiger partial charge in [0.15, 0.2) is 0 Å². The molecule has 0 bridgehead atoms. The first kappa shape index (κ1) is 16.9. The Morgan fingerprint density at radius 3 is 1.90 bits per heavy atom. The molecule has 2 aromatic carbocycles. The second kappa shape index (κ2) is 6.34. The van der Waals surface area contributed by atoms with Gasteiger partial charge in [0.1, 0.15) is 4.90 Å². The Morgan fingerprint density at radius 2 is 1.43 bits per heavy atom. The van der Waals surface area contributed by atoms with Gasteiger partial charge in [0.25, 0.3) is 10.0 Å². The van der Waals surface area contributed by atoms with Gasteiger partial charge in [0.05, 0.1) is 5.69 Å². The van der Waals surface area contributed by atoms with E-state index in [1.165, 1.54) is 30.3 Å². The molecule has 0 radical (unpaired) electrons. The molecule has 0 unspecified atom stereocenters. The molecule has 0 spiro atoms. The van der Waals surface area contributed by atoms with E-state index in [0.717, 1.165) is 0 Å². The van der Waals surface area contributed by atoms with Crippen molar-refractivity contribution >= 4 is 76.5 Å². The van der Waals surface area contributed by atoms with Crippen LogP contribution in [0.2, 0.25) is 10.0 Å². The van der Waals surface area contributed by atoms with E-state index in [1.54, 1.807) is 0 Å². The summed E-state index contributed by atoms with van der Waals surface area (Å²) in [5, 5.41) is 0.659. The predicted molar refractivity (Wildman–Crippen MR) is 93.5 cm³/mol. The minimum atomic E-state index is -3.84. The summed E-state index contributed by atoms with van der Waals surface area (Å²) in [5.41, 5.74) is 6.35. The van der Waals surface area contributed by atoms with Crippen LogP contribution < -0.4 is 10.5 Å². The minimum absolute atomic E-state index is 0.0350. The average Bonchev–Trinajstić information content (AvgIpc) is 2.23. The van der Waals surface area contributed by atoms with Crippen LogP contribution >= 0.6 is 55.1 Å². The van der Waals surface area contributed by atoms with Gasteiger partial charge < -0.3 is 5.73 Å². The van der Waals surface area contributed by atoms with Crippen LogP contribution in [0.3, 0.4) is 0 Å². The van der Waals surface area contributed by atoms with E-state index in [9.17, 15) is 8.42 Å². The predicted octanol–water partition coefficient (Wildman–Crippen LogP) is 4.90. The Balaban J connectivity index is 2.48. The van der Waals surface area contributed by atoms with E-state index < -0.39 is 10.0 Å². The highest BCUT2D eigenvalue weighted by atomic mass is 79.9. The van der Waals surface area contributed by atoms with Gasteiger partial charge in [0.2, 0.25) is 0 Å². The van der Waals surface area contributed by atoms with Crippen LogP contribution in [0, 0.1) is 0 Å². The van der Waals surface area contributed by atoms with Crippen molar-refractivity contribution in [2.24, 2.45) is 0 Å². The fourth-order valence-corrected chi connectivity index (χ4v) is 5.84. The molecule has 0 saturated heterocycles. The first-order valence-electron chi connectivity index (χ1n) is 5.42. The van der Waals surface area contributed by atoms with Crippen molar-refractivity contribution < 1.29 is 8.42 Å². The molecule has 3 N–H and O–H groups in total. The number of nitrogens with two attached hydrogens (primary N) is 1. The highest BCUT2D eigenvalue weighted by molar-refractivity contribution is 9.11. The zero-order valence-electron chi connectivity index (χ0n) is 10.2. The Kier molecular flexibility index (Phi) is 5.10. The Morgan fingerprint density at radius 1 is 0.952 bits per heavy atom. The fourth-order valence-electron chi connectivity index (χ4n) is 1.66. The zero-order valence-corrected chi connectivity index (χ0v) is 15.7. The first-order valence-corrected chi connectivity index (χ1v) is 9.25. The van der Waals surface area contributed by atoms with Gasteiger partial charge in [-0.3, -0.25) is 4.72 Å². The second-order valence-corrected chi connectivity index (χ2v) is 8.28. The van der Waals surface area contributed by atoms with Crippen molar-refractivity contribution in [2.45, 2.75) is 4.90 Å². The number of hydrogen-bond donors (Lipinski definition) is 2. The lowest BCUT2D eigenvalue weighted by atomic mass is 10.3. The molecule has 21 heavy (non-hydrogen) atoms. The summed E-state index contributed by atoms with van der Waals surface area (Å²) in [6, 6.07) is 7.44. The summed E-state index contributed by atoms with van der Waals surface area (Å²) in [6.07, 6.45) is 0. The molecule has 0 fully saturated rings. The van der Waals surface area contributed by atoms with Crippen molar-refractivity contribution in [1.29, 1.82) is 0 Å². The van der Waals surface area contributed by atoms with Crippen LogP contribution in [0.15, 0.2) is 44.2 Å². The number of benzene rings is 2. The number of anilines is 2. The Labute approximate surface area is 148 Å². The van der Waals surface area contributed by atoms with Gasteiger partial charge in [-0.05, 0) is 62.2 Å². The van der Waals surface area contributed by atoms with Crippen LogP contribution in [-0.2, 0) is 10.0 Å². The fraction of sp³-hybridized carbons (Fsp3) is 0. The van der Waals surface area contributed by atoms with E-state index in [0.29, 0.717) is 24.7 Å². The lowest BCUT2D eigenvalue weighted by Crippen LogP contribution is -2.14. The molecular weight excluding hydrogens is 467 g/mol. The molecule has 112 valence electrons. The Bertz CT molecular complexity index is 770.